The Morgan fingerprint density at radius 2 is 2.21 bits per heavy atom. The van der Waals surface area contributed by atoms with Crippen molar-refractivity contribution in [1.29, 1.82) is 0 Å². The topological polar surface area (TPSA) is 109 Å². The van der Waals surface area contributed by atoms with E-state index in [1.54, 1.807) is 13.8 Å². The summed E-state index contributed by atoms with van der Waals surface area (Å²) in [5.41, 5.74) is 0.647. The number of nitrogens with zero attached hydrogens (tertiary/aromatic N) is 3. The lowest BCUT2D eigenvalue weighted by molar-refractivity contribution is 0.0271. The van der Waals surface area contributed by atoms with Crippen LogP contribution in [-0.2, 0) is 9.47 Å². The fourth-order valence-corrected chi connectivity index (χ4v) is 4.11. The summed E-state index contributed by atoms with van der Waals surface area (Å²) in [5, 5.41) is 4.01. The molecule has 11 heteroatoms. The molecule has 158 valence electrons. The van der Waals surface area contributed by atoms with Crippen molar-refractivity contribution < 1.29 is 19.1 Å². The zero-order chi connectivity index (χ0) is 21.0. The second-order valence-electron chi connectivity index (χ2n) is 6.54. The molecule has 2 aromatic rings. The lowest BCUT2D eigenvalue weighted by atomic mass is 10.0. The van der Waals surface area contributed by atoms with Gasteiger partial charge in [0.1, 0.15) is 4.88 Å². The maximum Gasteiger partial charge on any atom is 0.350 e. The average Bonchev–Trinajstić information content (AvgIpc) is 3.31. The van der Waals surface area contributed by atoms with E-state index in [2.05, 4.69) is 25.2 Å². The first kappa shape index (κ1) is 21.5. The number of anilines is 1. The fourth-order valence-electron chi connectivity index (χ4n) is 3.13. The van der Waals surface area contributed by atoms with E-state index < -0.39 is 0 Å². The smallest absolute Gasteiger partial charge is 0.350 e. The van der Waals surface area contributed by atoms with Crippen molar-refractivity contribution in [2.24, 2.45) is 0 Å². The van der Waals surface area contributed by atoms with Gasteiger partial charge in [-0.25, -0.2) is 14.8 Å². The Morgan fingerprint density at radius 1 is 1.41 bits per heavy atom. The van der Waals surface area contributed by atoms with Crippen molar-refractivity contribution in [3.8, 4) is 0 Å². The number of halogens is 1. The third-order valence-corrected chi connectivity index (χ3v) is 5.94. The molecule has 1 fully saturated rings. The second kappa shape index (κ2) is 9.55. The van der Waals surface area contributed by atoms with Gasteiger partial charge < -0.3 is 24.7 Å². The van der Waals surface area contributed by atoms with Crippen molar-refractivity contribution in [1.82, 2.24) is 20.3 Å². The maximum atomic E-state index is 12.5. The van der Waals surface area contributed by atoms with Crippen LogP contribution in [0, 0.1) is 6.92 Å². The van der Waals surface area contributed by atoms with Gasteiger partial charge in [0.05, 0.1) is 30.6 Å². The first-order valence-electron chi connectivity index (χ1n) is 9.45. The molecular weight excluding hydrogens is 418 g/mol. The standard InChI is InChI=1S/C18H24ClN5O4S/c1-4-27-12-9-24(18-20-8-13(29-18)17(26)28-5-2)7-6-11(12)22-16(25)15-21-10(3)14(19)23-15/h8,11-12H,4-7,9H2,1-3H3,(H,21,23)(H,22,25). The van der Waals surface area contributed by atoms with E-state index in [-0.39, 0.29) is 35.0 Å². The lowest BCUT2D eigenvalue weighted by Crippen LogP contribution is -2.55. The summed E-state index contributed by atoms with van der Waals surface area (Å²) < 4.78 is 10.9. The van der Waals surface area contributed by atoms with Gasteiger partial charge in [0.15, 0.2) is 16.1 Å². The van der Waals surface area contributed by atoms with Gasteiger partial charge in [0.25, 0.3) is 5.91 Å². The quantitative estimate of drug-likeness (QED) is 0.635. The number of carbonyl (C=O) groups excluding carboxylic acids is 2. The summed E-state index contributed by atoms with van der Waals surface area (Å²) >= 11 is 7.22. The molecule has 29 heavy (non-hydrogen) atoms. The Labute approximate surface area is 177 Å². The van der Waals surface area contributed by atoms with Gasteiger partial charge in [-0.2, -0.15) is 0 Å². The molecule has 1 aliphatic heterocycles. The first-order chi connectivity index (χ1) is 13.9. The van der Waals surface area contributed by atoms with Crippen LogP contribution in [0.1, 0.15) is 46.3 Å². The molecule has 0 aromatic carbocycles. The molecule has 9 nitrogen and oxygen atoms in total. The van der Waals surface area contributed by atoms with Gasteiger partial charge in [-0.1, -0.05) is 22.9 Å². The highest BCUT2D eigenvalue weighted by molar-refractivity contribution is 7.17. The van der Waals surface area contributed by atoms with Crippen molar-refractivity contribution in [2.45, 2.75) is 39.3 Å². The predicted octanol–water partition coefficient (Wildman–Crippen LogP) is 2.42. The number of imidazole rings is 1. The van der Waals surface area contributed by atoms with E-state index in [9.17, 15) is 9.59 Å². The zero-order valence-electron chi connectivity index (χ0n) is 16.5. The molecule has 0 spiro atoms. The molecule has 1 saturated heterocycles. The lowest BCUT2D eigenvalue weighted by Gasteiger charge is -2.38. The minimum atomic E-state index is -0.368. The van der Waals surface area contributed by atoms with Crippen LogP contribution in [0.2, 0.25) is 5.15 Å². The van der Waals surface area contributed by atoms with E-state index >= 15 is 0 Å². The van der Waals surface area contributed by atoms with E-state index in [1.165, 1.54) is 17.5 Å². The minimum Gasteiger partial charge on any atom is -0.462 e. The van der Waals surface area contributed by atoms with E-state index in [1.807, 2.05) is 6.92 Å². The van der Waals surface area contributed by atoms with E-state index in [0.717, 1.165) is 5.13 Å². The van der Waals surface area contributed by atoms with E-state index in [4.69, 9.17) is 21.1 Å². The number of carbonyl (C=O) groups is 2. The van der Waals surface area contributed by atoms with Crippen LogP contribution in [0.15, 0.2) is 6.20 Å². The van der Waals surface area contributed by atoms with Crippen LogP contribution in [0.25, 0.3) is 0 Å². The van der Waals surface area contributed by atoms with Gasteiger partial charge in [-0.15, -0.1) is 0 Å². The fraction of sp³-hybridized carbons (Fsp3) is 0.556. The Morgan fingerprint density at radius 3 is 2.86 bits per heavy atom. The molecule has 1 aliphatic rings. The molecule has 2 N–H and O–H groups in total. The Hall–Kier alpha value is -2.17. The monoisotopic (exact) mass is 441 g/mol. The molecule has 0 saturated carbocycles. The molecule has 2 atom stereocenters. The largest absolute Gasteiger partial charge is 0.462 e. The number of H-pyrrole nitrogens is 1. The number of aryl methyl sites for hydroxylation is 1. The van der Waals surface area contributed by atoms with Gasteiger partial charge in [-0.05, 0) is 27.2 Å². The molecule has 1 amide bonds. The summed E-state index contributed by atoms with van der Waals surface area (Å²) in [6, 6.07) is -0.174. The summed E-state index contributed by atoms with van der Waals surface area (Å²) in [4.78, 5) is 38.2. The van der Waals surface area contributed by atoms with Crippen molar-refractivity contribution >= 4 is 39.9 Å². The van der Waals surface area contributed by atoms with E-state index in [0.29, 0.717) is 43.3 Å². The summed E-state index contributed by atoms with van der Waals surface area (Å²) in [6.07, 6.45) is 1.97. The summed E-state index contributed by atoms with van der Waals surface area (Å²) in [7, 11) is 0. The van der Waals surface area contributed by atoms with Crippen molar-refractivity contribution in [3.05, 3.63) is 27.7 Å². The highest BCUT2D eigenvalue weighted by Gasteiger charge is 2.33. The van der Waals surface area contributed by atoms with Crippen LogP contribution >= 0.6 is 22.9 Å². The first-order valence-corrected chi connectivity index (χ1v) is 10.6. The number of piperidine rings is 1. The number of nitrogens with one attached hydrogen (secondary N) is 2. The normalized spacial score (nSPS) is 19.2. The van der Waals surface area contributed by atoms with Crippen LogP contribution in [0.3, 0.4) is 0 Å². The van der Waals surface area contributed by atoms with Crippen molar-refractivity contribution in [3.63, 3.8) is 0 Å². The maximum absolute atomic E-state index is 12.5. The predicted molar refractivity (Wildman–Crippen MR) is 110 cm³/mol. The van der Waals surface area contributed by atoms with Gasteiger partial charge in [0.2, 0.25) is 0 Å². The van der Waals surface area contributed by atoms with Gasteiger partial charge in [-0.3, -0.25) is 4.79 Å². The number of ether oxygens (including phenoxy) is 2. The molecule has 2 unspecified atom stereocenters. The average molecular weight is 442 g/mol. The number of rotatable bonds is 7. The number of thiazole rings is 1. The van der Waals surface area contributed by atoms with Gasteiger partial charge in [0, 0.05) is 19.7 Å². The Kier molecular flexibility index (Phi) is 7.09. The minimum absolute atomic E-state index is 0.174. The van der Waals surface area contributed by atoms with Crippen LogP contribution < -0.4 is 10.2 Å². The Bertz CT molecular complexity index is 851. The molecule has 2 aromatic heterocycles. The molecular formula is C18H24ClN5O4S. The summed E-state index contributed by atoms with van der Waals surface area (Å²) in [5.74, 6) is -0.502. The molecule has 3 rings (SSSR count). The molecule has 3 heterocycles. The van der Waals surface area contributed by atoms with Crippen LogP contribution in [0.5, 0.6) is 0 Å². The van der Waals surface area contributed by atoms with Gasteiger partial charge >= 0.3 is 5.97 Å². The summed E-state index contributed by atoms with van der Waals surface area (Å²) in [6.45, 7) is 7.49. The Balaban J connectivity index is 1.66. The molecule has 0 bridgehead atoms. The zero-order valence-corrected chi connectivity index (χ0v) is 18.1. The number of hydrogen-bond donors (Lipinski definition) is 2. The number of hydrogen-bond acceptors (Lipinski definition) is 8. The number of amides is 1. The van der Waals surface area contributed by atoms with Crippen LogP contribution in [0.4, 0.5) is 5.13 Å². The highest BCUT2D eigenvalue weighted by Crippen LogP contribution is 2.27. The number of aromatic amines is 1. The highest BCUT2D eigenvalue weighted by atomic mass is 35.5. The third-order valence-electron chi connectivity index (χ3n) is 4.54. The van der Waals surface area contributed by atoms with Crippen LogP contribution in [-0.4, -0.2) is 65.3 Å². The molecule has 0 radical (unpaired) electrons. The van der Waals surface area contributed by atoms with Crippen molar-refractivity contribution in [2.75, 3.05) is 31.2 Å². The SMILES string of the molecule is CCOC(=O)c1cnc(N2CCC(NC(=O)c3nc(Cl)c(C)[nH]3)C(OCC)C2)s1. The molecule has 0 aliphatic carbocycles. The third kappa shape index (κ3) is 5.06. The number of esters is 1. The number of aromatic nitrogens is 3. The second-order valence-corrected chi connectivity index (χ2v) is 7.90.